The first-order chi connectivity index (χ1) is 8.80. The molecule has 0 aromatic carbocycles. The highest BCUT2D eigenvalue weighted by Crippen LogP contribution is 2.23. The van der Waals surface area contributed by atoms with Gasteiger partial charge in [0, 0.05) is 33.4 Å². The maximum Gasteiger partial charge on any atom is 0.371 e. The highest BCUT2D eigenvalue weighted by atomic mass is 32.2. The number of carbonyl (C=O) groups is 1. The van der Waals surface area contributed by atoms with Crippen molar-refractivity contribution in [3.63, 3.8) is 0 Å². The summed E-state index contributed by atoms with van der Waals surface area (Å²) in [7, 11) is -0.778. The van der Waals surface area contributed by atoms with E-state index in [0.29, 0.717) is 13.0 Å². The van der Waals surface area contributed by atoms with Crippen LogP contribution in [0.4, 0.5) is 0 Å². The number of sulfonamides is 1. The SMILES string of the molecule is COCCCN(C)S(=O)(=O)c1cc(C(=O)O)oc1C. The van der Waals surface area contributed by atoms with Crippen LogP contribution >= 0.6 is 0 Å². The Balaban J connectivity index is 2.96. The summed E-state index contributed by atoms with van der Waals surface area (Å²) in [6.45, 7) is 2.15. The number of carboxylic acid groups (broad SMARTS) is 1. The molecule has 0 spiro atoms. The highest BCUT2D eigenvalue weighted by molar-refractivity contribution is 7.89. The molecular weight excluding hydrogens is 274 g/mol. The van der Waals surface area contributed by atoms with E-state index in [9.17, 15) is 13.2 Å². The minimum Gasteiger partial charge on any atom is -0.475 e. The molecule has 0 saturated heterocycles. The first-order valence-electron chi connectivity index (χ1n) is 5.59. The number of methoxy groups -OCH3 is 1. The molecule has 0 saturated carbocycles. The molecule has 0 aliphatic carbocycles. The first-order valence-corrected chi connectivity index (χ1v) is 7.03. The maximum atomic E-state index is 12.2. The molecule has 108 valence electrons. The topological polar surface area (TPSA) is 97.0 Å². The van der Waals surface area contributed by atoms with E-state index in [1.165, 1.54) is 21.1 Å². The first kappa shape index (κ1) is 15.7. The average molecular weight is 291 g/mol. The van der Waals surface area contributed by atoms with Crippen LogP contribution in [0.25, 0.3) is 0 Å². The Morgan fingerprint density at radius 3 is 2.63 bits per heavy atom. The number of ether oxygens (including phenoxy) is 1. The fraction of sp³-hybridized carbons (Fsp3) is 0.545. The van der Waals surface area contributed by atoms with E-state index in [2.05, 4.69) is 0 Å². The van der Waals surface area contributed by atoms with Gasteiger partial charge in [0.05, 0.1) is 0 Å². The smallest absolute Gasteiger partial charge is 0.371 e. The largest absolute Gasteiger partial charge is 0.475 e. The van der Waals surface area contributed by atoms with Crippen LogP contribution in [0.2, 0.25) is 0 Å². The molecule has 0 aliphatic heterocycles. The molecule has 0 aliphatic rings. The lowest BCUT2D eigenvalue weighted by atomic mass is 10.4. The summed E-state index contributed by atoms with van der Waals surface area (Å²) < 4.78 is 35.3. The number of aromatic carboxylic acids is 1. The van der Waals surface area contributed by atoms with Gasteiger partial charge in [0.25, 0.3) is 0 Å². The summed E-state index contributed by atoms with van der Waals surface area (Å²) in [5.41, 5.74) is 0. The van der Waals surface area contributed by atoms with Crippen molar-refractivity contribution < 1.29 is 27.5 Å². The molecule has 0 radical (unpaired) electrons. The van der Waals surface area contributed by atoms with Gasteiger partial charge in [-0.15, -0.1) is 0 Å². The molecule has 0 bridgehead atoms. The number of rotatable bonds is 7. The summed E-state index contributed by atoms with van der Waals surface area (Å²) >= 11 is 0. The van der Waals surface area contributed by atoms with Gasteiger partial charge in [0.15, 0.2) is 0 Å². The molecule has 0 atom stereocenters. The fourth-order valence-corrected chi connectivity index (χ4v) is 2.91. The van der Waals surface area contributed by atoms with Crippen molar-refractivity contribution in [1.29, 1.82) is 0 Å². The molecule has 1 aromatic heterocycles. The van der Waals surface area contributed by atoms with Gasteiger partial charge in [-0.1, -0.05) is 0 Å². The fourth-order valence-electron chi connectivity index (χ4n) is 1.55. The Morgan fingerprint density at radius 2 is 2.16 bits per heavy atom. The monoisotopic (exact) mass is 291 g/mol. The van der Waals surface area contributed by atoms with E-state index in [-0.39, 0.29) is 23.0 Å². The maximum absolute atomic E-state index is 12.2. The molecule has 0 fully saturated rings. The minimum atomic E-state index is -3.74. The van der Waals surface area contributed by atoms with Crippen LogP contribution in [0, 0.1) is 6.92 Å². The lowest BCUT2D eigenvalue weighted by Gasteiger charge is -2.16. The second-order valence-electron chi connectivity index (χ2n) is 4.01. The Morgan fingerprint density at radius 1 is 1.53 bits per heavy atom. The predicted molar refractivity (Wildman–Crippen MR) is 66.7 cm³/mol. The van der Waals surface area contributed by atoms with Crippen LogP contribution in [-0.2, 0) is 14.8 Å². The average Bonchev–Trinajstić information content (AvgIpc) is 2.72. The Labute approximate surface area is 111 Å². The number of hydrogen-bond acceptors (Lipinski definition) is 5. The third kappa shape index (κ3) is 3.55. The van der Waals surface area contributed by atoms with Gasteiger partial charge < -0.3 is 14.3 Å². The summed E-state index contributed by atoms with van der Waals surface area (Å²) in [5, 5.41) is 8.78. The van der Waals surface area contributed by atoms with Crippen LogP contribution in [0.3, 0.4) is 0 Å². The molecule has 19 heavy (non-hydrogen) atoms. The molecule has 7 nitrogen and oxygen atoms in total. The van der Waals surface area contributed by atoms with Gasteiger partial charge in [0.1, 0.15) is 10.7 Å². The van der Waals surface area contributed by atoms with Crippen molar-refractivity contribution in [1.82, 2.24) is 4.31 Å². The van der Waals surface area contributed by atoms with Gasteiger partial charge in [-0.25, -0.2) is 17.5 Å². The van der Waals surface area contributed by atoms with Crippen molar-refractivity contribution in [3.05, 3.63) is 17.6 Å². The third-order valence-corrected chi connectivity index (χ3v) is 4.56. The Bertz CT molecular complexity index is 548. The number of aryl methyl sites for hydroxylation is 1. The zero-order valence-corrected chi connectivity index (χ0v) is 11.9. The minimum absolute atomic E-state index is 0.0657. The van der Waals surface area contributed by atoms with Crippen LogP contribution in [0.5, 0.6) is 0 Å². The highest BCUT2D eigenvalue weighted by Gasteiger charge is 2.27. The number of furan rings is 1. The van der Waals surface area contributed by atoms with Crippen LogP contribution in [0.15, 0.2) is 15.4 Å². The van der Waals surface area contributed by atoms with Gasteiger partial charge in [0.2, 0.25) is 15.8 Å². The van der Waals surface area contributed by atoms with Gasteiger partial charge >= 0.3 is 5.97 Å². The van der Waals surface area contributed by atoms with Crippen molar-refractivity contribution in [2.75, 3.05) is 27.3 Å². The third-order valence-electron chi connectivity index (χ3n) is 2.59. The van der Waals surface area contributed by atoms with Gasteiger partial charge in [-0.3, -0.25) is 0 Å². The normalized spacial score (nSPS) is 12.0. The Kier molecular flexibility index (Phi) is 5.10. The van der Waals surface area contributed by atoms with Crippen LogP contribution in [-0.4, -0.2) is 51.1 Å². The summed E-state index contributed by atoms with van der Waals surface area (Å²) in [5.74, 6) is -1.62. The van der Waals surface area contributed by atoms with Gasteiger partial charge in [-0.2, -0.15) is 0 Å². The van der Waals surface area contributed by atoms with E-state index >= 15 is 0 Å². The molecule has 1 rings (SSSR count). The van der Waals surface area contributed by atoms with Crippen molar-refractivity contribution in [2.45, 2.75) is 18.2 Å². The van der Waals surface area contributed by atoms with Crippen LogP contribution < -0.4 is 0 Å². The van der Waals surface area contributed by atoms with Crippen molar-refractivity contribution in [2.24, 2.45) is 0 Å². The zero-order chi connectivity index (χ0) is 14.6. The summed E-state index contributed by atoms with van der Waals surface area (Å²) in [6.07, 6.45) is 0.551. The molecule has 8 heteroatoms. The second-order valence-corrected chi connectivity index (χ2v) is 6.02. The van der Waals surface area contributed by atoms with E-state index in [1.807, 2.05) is 0 Å². The standard InChI is InChI=1S/C11H17NO6S/c1-8-10(7-9(18-8)11(13)14)19(15,16)12(2)5-4-6-17-3/h7H,4-6H2,1-3H3,(H,13,14). The summed E-state index contributed by atoms with van der Waals surface area (Å²) in [4.78, 5) is 10.6. The molecule has 1 heterocycles. The lowest BCUT2D eigenvalue weighted by molar-refractivity contribution is 0.0661. The van der Waals surface area contributed by atoms with E-state index in [0.717, 1.165) is 10.4 Å². The van der Waals surface area contributed by atoms with Gasteiger partial charge in [-0.05, 0) is 13.3 Å². The molecule has 0 unspecified atom stereocenters. The van der Waals surface area contributed by atoms with Crippen LogP contribution in [0.1, 0.15) is 22.7 Å². The molecular formula is C11H17NO6S. The van der Waals surface area contributed by atoms with E-state index in [1.54, 1.807) is 0 Å². The molecule has 1 N–H and O–H groups in total. The lowest BCUT2D eigenvalue weighted by Crippen LogP contribution is -2.28. The van der Waals surface area contributed by atoms with Crippen molar-refractivity contribution >= 4 is 16.0 Å². The second kappa shape index (κ2) is 6.18. The number of nitrogens with zero attached hydrogens (tertiary/aromatic N) is 1. The molecule has 1 aromatic rings. The van der Waals surface area contributed by atoms with Crippen molar-refractivity contribution in [3.8, 4) is 0 Å². The zero-order valence-electron chi connectivity index (χ0n) is 11.0. The van der Waals surface area contributed by atoms with E-state index in [4.69, 9.17) is 14.3 Å². The summed E-state index contributed by atoms with van der Waals surface area (Å²) in [6, 6.07) is 1.03. The Hall–Kier alpha value is -1.38. The molecule has 0 amide bonds. The van der Waals surface area contributed by atoms with E-state index < -0.39 is 16.0 Å². The predicted octanol–water partition coefficient (Wildman–Crippen LogP) is 0.943. The number of carboxylic acids is 1. The quantitative estimate of drug-likeness (QED) is 0.751. The number of hydrogen-bond donors (Lipinski definition) is 1.